The molecule has 0 heterocycles. The summed E-state index contributed by atoms with van der Waals surface area (Å²) in [6.07, 6.45) is 0.838. The topological polar surface area (TPSA) is 76.7 Å². The van der Waals surface area contributed by atoms with Gasteiger partial charge in [0.25, 0.3) is 5.91 Å². The van der Waals surface area contributed by atoms with Gasteiger partial charge in [0.15, 0.2) is 11.5 Å². The van der Waals surface area contributed by atoms with Gasteiger partial charge in [0.2, 0.25) is 5.91 Å². The van der Waals surface area contributed by atoms with E-state index in [0.717, 1.165) is 5.56 Å². The van der Waals surface area contributed by atoms with Gasteiger partial charge in [-0.2, -0.15) is 0 Å². The van der Waals surface area contributed by atoms with Crippen LogP contribution in [0.4, 0.5) is 11.4 Å². The maximum absolute atomic E-state index is 12.3. The van der Waals surface area contributed by atoms with Crippen LogP contribution in [0.25, 0.3) is 0 Å². The number of rotatable bonds is 8. The van der Waals surface area contributed by atoms with Gasteiger partial charge in [0, 0.05) is 17.7 Å². The number of carbonyl (C=O) groups is 2. The molecule has 7 heteroatoms. The molecule has 3 rings (SSSR count). The number of ether oxygens (including phenoxy) is 2. The number of amides is 2. The molecule has 0 fully saturated rings. The largest absolute Gasteiger partial charge is 0.493 e. The lowest BCUT2D eigenvalue weighted by molar-refractivity contribution is -0.116. The fourth-order valence-corrected chi connectivity index (χ4v) is 3.22. The van der Waals surface area contributed by atoms with E-state index in [-0.39, 0.29) is 11.8 Å². The molecule has 0 saturated carbocycles. The average molecular weight is 439 g/mol. The fraction of sp³-hybridized carbons (Fsp3) is 0.167. The molecule has 0 aliphatic carbocycles. The second-order valence-electron chi connectivity index (χ2n) is 6.75. The summed E-state index contributed by atoms with van der Waals surface area (Å²) in [6, 6.07) is 19.4. The summed E-state index contributed by atoms with van der Waals surface area (Å²) in [4.78, 5) is 24.6. The van der Waals surface area contributed by atoms with E-state index in [1.807, 2.05) is 24.3 Å². The summed E-state index contributed by atoms with van der Waals surface area (Å²) < 4.78 is 10.5. The Bertz CT molecular complexity index is 1070. The Kier molecular flexibility index (Phi) is 7.51. The smallest absolute Gasteiger partial charge is 0.255 e. The highest BCUT2D eigenvalue weighted by Gasteiger charge is 2.11. The van der Waals surface area contributed by atoms with E-state index in [0.29, 0.717) is 46.3 Å². The predicted molar refractivity (Wildman–Crippen MR) is 122 cm³/mol. The van der Waals surface area contributed by atoms with Gasteiger partial charge in [-0.1, -0.05) is 35.9 Å². The van der Waals surface area contributed by atoms with Gasteiger partial charge in [-0.25, -0.2) is 0 Å². The molecular formula is C24H23ClN2O4. The van der Waals surface area contributed by atoms with E-state index < -0.39 is 0 Å². The van der Waals surface area contributed by atoms with Crippen molar-refractivity contribution in [2.75, 3.05) is 24.9 Å². The van der Waals surface area contributed by atoms with Gasteiger partial charge >= 0.3 is 0 Å². The summed E-state index contributed by atoms with van der Waals surface area (Å²) in [7, 11) is 3.15. The molecule has 0 aromatic heterocycles. The molecule has 0 bridgehead atoms. The van der Waals surface area contributed by atoms with Crippen LogP contribution < -0.4 is 20.1 Å². The van der Waals surface area contributed by atoms with Crippen molar-refractivity contribution in [2.24, 2.45) is 0 Å². The van der Waals surface area contributed by atoms with E-state index in [9.17, 15) is 9.59 Å². The summed E-state index contributed by atoms with van der Waals surface area (Å²) in [5, 5.41) is 5.93. The number of halogens is 1. The average Bonchev–Trinajstić information content (AvgIpc) is 2.79. The molecule has 0 saturated heterocycles. The van der Waals surface area contributed by atoms with Crippen LogP contribution in [0.5, 0.6) is 11.5 Å². The minimum absolute atomic E-state index is 0.146. The second kappa shape index (κ2) is 10.5. The minimum atomic E-state index is -0.255. The quantitative estimate of drug-likeness (QED) is 0.508. The monoisotopic (exact) mass is 438 g/mol. The van der Waals surface area contributed by atoms with Crippen LogP contribution in [0.2, 0.25) is 5.02 Å². The molecule has 0 unspecified atom stereocenters. The molecule has 3 aromatic rings. The van der Waals surface area contributed by atoms with E-state index >= 15 is 0 Å². The zero-order chi connectivity index (χ0) is 22.2. The van der Waals surface area contributed by atoms with Crippen LogP contribution in [0.1, 0.15) is 22.3 Å². The number of benzene rings is 3. The zero-order valence-corrected chi connectivity index (χ0v) is 18.0. The number of anilines is 2. The molecule has 0 aliphatic rings. The zero-order valence-electron chi connectivity index (χ0n) is 17.3. The molecule has 0 radical (unpaired) electrons. The Labute approximate surface area is 186 Å². The van der Waals surface area contributed by atoms with Crippen molar-refractivity contribution in [3.63, 3.8) is 0 Å². The first-order valence-corrected chi connectivity index (χ1v) is 10.0. The van der Waals surface area contributed by atoms with Gasteiger partial charge in [0.1, 0.15) is 0 Å². The maximum Gasteiger partial charge on any atom is 0.255 e. The van der Waals surface area contributed by atoms with Crippen LogP contribution in [-0.2, 0) is 11.2 Å². The van der Waals surface area contributed by atoms with Crippen molar-refractivity contribution in [1.82, 2.24) is 0 Å². The molecule has 160 valence electrons. The first-order chi connectivity index (χ1) is 15.0. The van der Waals surface area contributed by atoms with Crippen LogP contribution in [-0.4, -0.2) is 26.0 Å². The third kappa shape index (κ3) is 5.99. The Morgan fingerprint density at radius 1 is 0.871 bits per heavy atom. The van der Waals surface area contributed by atoms with Crippen LogP contribution in [0, 0.1) is 0 Å². The lowest BCUT2D eigenvalue weighted by Gasteiger charge is -2.11. The van der Waals surface area contributed by atoms with E-state index in [1.165, 1.54) is 0 Å². The lowest BCUT2D eigenvalue weighted by Crippen LogP contribution is -2.14. The second-order valence-corrected chi connectivity index (χ2v) is 7.16. The Morgan fingerprint density at radius 2 is 1.61 bits per heavy atom. The van der Waals surface area contributed by atoms with Crippen molar-refractivity contribution in [3.8, 4) is 11.5 Å². The highest BCUT2D eigenvalue weighted by molar-refractivity contribution is 6.34. The van der Waals surface area contributed by atoms with Crippen molar-refractivity contribution in [2.45, 2.75) is 12.8 Å². The minimum Gasteiger partial charge on any atom is -0.493 e. The predicted octanol–water partition coefficient (Wildman–Crippen LogP) is 5.18. The van der Waals surface area contributed by atoms with Crippen molar-refractivity contribution in [3.05, 3.63) is 82.9 Å². The summed E-state index contributed by atoms with van der Waals surface area (Å²) in [5.41, 5.74) is 2.52. The SMILES string of the molecule is COc1ccc(CCC(=O)Nc2ccc(NC(=O)c3ccccc3)c(Cl)c2)cc1OC. The van der Waals surface area contributed by atoms with E-state index in [1.54, 1.807) is 56.7 Å². The fourth-order valence-electron chi connectivity index (χ4n) is 3.00. The van der Waals surface area contributed by atoms with E-state index in [4.69, 9.17) is 21.1 Å². The number of nitrogens with one attached hydrogen (secondary N) is 2. The lowest BCUT2D eigenvalue weighted by atomic mass is 10.1. The van der Waals surface area contributed by atoms with Crippen LogP contribution in [0.3, 0.4) is 0 Å². The van der Waals surface area contributed by atoms with Crippen LogP contribution >= 0.6 is 11.6 Å². The van der Waals surface area contributed by atoms with Gasteiger partial charge in [-0.05, 0) is 54.4 Å². The third-order valence-electron chi connectivity index (χ3n) is 4.63. The molecule has 2 N–H and O–H groups in total. The van der Waals surface area contributed by atoms with Crippen molar-refractivity contribution < 1.29 is 19.1 Å². The number of carbonyl (C=O) groups excluding carboxylic acids is 2. The summed E-state index contributed by atoms with van der Waals surface area (Å²) in [5.74, 6) is 0.867. The Morgan fingerprint density at radius 3 is 2.29 bits per heavy atom. The first-order valence-electron chi connectivity index (χ1n) is 9.67. The van der Waals surface area contributed by atoms with Gasteiger partial charge < -0.3 is 20.1 Å². The van der Waals surface area contributed by atoms with Gasteiger partial charge in [0.05, 0.1) is 24.9 Å². The third-order valence-corrected chi connectivity index (χ3v) is 4.94. The standard InChI is InChI=1S/C24H23ClN2O4/c1-30-21-12-8-16(14-22(21)31-2)9-13-23(28)26-18-10-11-20(19(25)15-18)27-24(29)17-6-4-3-5-7-17/h3-8,10-12,14-15H,9,13H2,1-2H3,(H,26,28)(H,27,29). The Balaban J connectivity index is 1.57. The van der Waals surface area contributed by atoms with E-state index in [2.05, 4.69) is 10.6 Å². The number of hydrogen-bond acceptors (Lipinski definition) is 4. The molecule has 0 aliphatic heterocycles. The normalized spacial score (nSPS) is 10.3. The number of hydrogen-bond donors (Lipinski definition) is 2. The molecule has 0 spiro atoms. The molecule has 3 aromatic carbocycles. The number of aryl methyl sites for hydroxylation is 1. The highest BCUT2D eigenvalue weighted by atomic mass is 35.5. The van der Waals surface area contributed by atoms with Gasteiger partial charge in [-0.3, -0.25) is 9.59 Å². The van der Waals surface area contributed by atoms with Crippen molar-refractivity contribution >= 4 is 34.8 Å². The Hall–Kier alpha value is -3.51. The number of methoxy groups -OCH3 is 2. The summed E-state index contributed by atoms with van der Waals surface area (Å²) in [6.45, 7) is 0. The van der Waals surface area contributed by atoms with Gasteiger partial charge in [-0.15, -0.1) is 0 Å². The van der Waals surface area contributed by atoms with Crippen LogP contribution in [0.15, 0.2) is 66.7 Å². The molecule has 31 heavy (non-hydrogen) atoms. The molecule has 0 atom stereocenters. The molecule has 2 amide bonds. The molecular weight excluding hydrogens is 416 g/mol. The first kappa shape index (κ1) is 22.2. The van der Waals surface area contributed by atoms with Crippen molar-refractivity contribution in [1.29, 1.82) is 0 Å². The summed E-state index contributed by atoms with van der Waals surface area (Å²) >= 11 is 6.29. The highest BCUT2D eigenvalue weighted by Crippen LogP contribution is 2.28. The molecule has 6 nitrogen and oxygen atoms in total. The maximum atomic E-state index is 12.3.